The van der Waals surface area contributed by atoms with Gasteiger partial charge in [0.1, 0.15) is 11.6 Å². The van der Waals surface area contributed by atoms with Crippen LogP contribution in [0.5, 0.6) is 0 Å². The lowest BCUT2D eigenvalue weighted by Gasteiger charge is -2.21. The summed E-state index contributed by atoms with van der Waals surface area (Å²) in [5, 5.41) is 14.8. The lowest BCUT2D eigenvalue weighted by atomic mass is 10.0. The van der Waals surface area contributed by atoms with Crippen LogP contribution in [0.3, 0.4) is 0 Å². The van der Waals surface area contributed by atoms with E-state index in [9.17, 15) is 22.4 Å². The molecule has 0 atom stereocenters. The van der Waals surface area contributed by atoms with Gasteiger partial charge in [-0.3, -0.25) is 9.10 Å². The first-order valence-corrected chi connectivity index (χ1v) is 12.2. The van der Waals surface area contributed by atoms with E-state index in [0.717, 1.165) is 22.7 Å². The van der Waals surface area contributed by atoms with Gasteiger partial charge in [-0.2, -0.15) is 4.98 Å². The predicted molar refractivity (Wildman–Crippen MR) is 131 cm³/mol. The highest BCUT2D eigenvalue weighted by molar-refractivity contribution is 7.92. The fraction of sp³-hybridized carbons (Fsp3) is 0.217. The molecule has 0 bridgehead atoms. The summed E-state index contributed by atoms with van der Waals surface area (Å²) < 4.78 is 39.3. The SMILES string of the molecule is CC(C)C(=O)c1cnc(Nc2ccc(C(=O)O)c(F)c2)nc1Nc1ccccc1N(C)S(C)(=O)=O. The molecule has 0 unspecified atom stereocenters. The summed E-state index contributed by atoms with van der Waals surface area (Å²) >= 11 is 0. The molecule has 3 aromatic rings. The molecule has 0 aliphatic heterocycles. The van der Waals surface area contributed by atoms with E-state index in [1.54, 1.807) is 38.1 Å². The van der Waals surface area contributed by atoms with E-state index in [1.165, 1.54) is 19.3 Å². The van der Waals surface area contributed by atoms with Crippen LogP contribution in [0.4, 0.5) is 33.2 Å². The molecule has 0 radical (unpaired) electrons. The highest BCUT2D eigenvalue weighted by Crippen LogP contribution is 2.31. The smallest absolute Gasteiger partial charge is 0.338 e. The van der Waals surface area contributed by atoms with E-state index in [4.69, 9.17) is 5.11 Å². The number of rotatable bonds is 9. The normalized spacial score (nSPS) is 11.3. The number of carbonyl (C=O) groups excluding carboxylic acids is 1. The minimum absolute atomic E-state index is 0.00392. The molecule has 2 aromatic carbocycles. The fourth-order valence-corrected chi connectivity index (χ4v) is 3.60. The highest BCUT2D eigenvalue weighted by atomic mass is 32.2. The van der Waals surface area contributed by atoms with Gasteiger partial charge in [0.05, 0.1) is 28.8 Å². The third-order valence-electron chi connectivity index (χ3n) is 5.03. The van der Waals surface area contributed by atoms with Gasteiger partial charge in [-0.1, -0.05) is 26.0 Å². The number of anilines is 5. The van der Waals surface area contributed by atoms with Crippen molar-refractivity contribution in [2.75, 3.05) is 28.2 Å². The molecule has 0 fully saturated rings. The molecule has 0 saturated heterocycles. The summed E-state index contributed by atoms with van der Waals surface area (Å²) in [6, 6.07) is 10.0. The van der Waals surface area contributed by atoms with Crippen LogP contribution in [-0.4, -0.2) is 48.5 Å². The van der Waals surface area contributed by atoms with Gasteiger partial charge in [0.25, 0.3) is 0 Å². The number of nitrogens with zero attached hydrogens (tertiary/aromatic N) is 3. The molecule has 12 heteroatoms. The quantitative estimate of drug-likeness (QED) is 0.370. The number of benzene rings is 2. The van der Waals surface area contributed by atoms with Gasteiger partial charge in [0, 0.05) is 24.8 Å². The number of para-hydroxylation sites is 2. The van der Waals surface area contributed by atoms with Crippen molar-refractivity contribution in [3.05, 3.63) is 65.6 Å². The number of hydrogen-bond donors (Lipinski definition) is 3. The minimum atomic E-state index is -3.57. The number of ketones is 1. The zero-order valence-corrected chi connectivity index (χ0v) is 20.2. The molecule has 184 valence electrons. The minimum Gasteiger partial charge on any atom is -0.478 e. The third kappa shape index (κ3) is 5.90. The summed E-state index contributed by atoms with van der Waals surface area (Å²) in [6.45, 7) is 3.44. The van der Waals surface area contributed by atoms with Crippen LogP contribution in [-0.2, 0) is 10.0 Å². The number of sulfonamides is 1. The first-order valence-electron chi connectivity index (χ1n) is 10.4. The Hall–Kier alpha value is -4.06. The summed E-state index contributed by atoms with van der Waals surface area (Å²) in [7, 11) is -2.17. The van der Waals surface area contributed by atoms with Crippen molar-refractivity contribution in [1.29, 1.82) is 0 Å². The van der Waals surface area contributed by atoms with Gasteiger partial charge < -0.3 is 15.7 Å². The Morgan fingerprint density at radius 2 is 1.77 bits per heavy atom. The Kier molecular flexibility index (Phi) is 7.34. The first kappa shape index (κ1) is 25.6. The van der Waals surface area contributed by atoms with Crippen molar-refractivity contribution in [3.63, 3.8) is 0 Å². The standard InChI is InChI=1S/C23H24FN5O5S/c1-13(2)20(30)16-12-25-23(26-14-9-10-15(22(31)32)17(24)11-14)28-21(16)27-18-7-5-6-8-19(18)29(3)35(4,33)34/h5-13H,1-4H3,(H,31,32)(H2,25,26,27,28). The molecule has 0 aliphatic carbocycles. The Labute approximate surface area is 201 Å². The second kappa shape index (κ2) is 10.1. The van der Waals surface area contributed by atoms with Crippen LogP contribution in [0.15, 0.2) is 48.7 Å². The van der Waals surface area contributed by atoms with E-state index in [2.05, 4.69) is 20.6 Å². The molecule has 35 heavy (non-hydrogen) atoms. The van der Waals surface area contributed by atoms with Crippen molar-refractivity contribution < 1.29 is 27.5 Å². The molecule has 10 nitrogen and oxygen atoms in total. The third-order valence-corrected chi connectivity index (χ3v) is 6.22. The van der Waals surface area contributed by atoms with E-state index < -0.39 is 27.4 Å². The number of halogens is 1. The lowest BCUT2D eigenvalue weighted by Crippen LogP contribution is -2.25. The van der Waals surface area contributed by atoms with Crippen LogP contribution >= 0.6 is 0 Å². The molecule has 0 amide bonds. The topological polar surface area (TPSA) is 142 Å². The van der Waals surface area contributed by atoms with Crippen molar-refractivity contribution >= 4 is 50.6 Å². The number of carboxylic acid groups (broad SMARTS) is 1. The molecular formula is C23H24FN5O5S. The number of aromatic carboxylic acids is 1. The van der Waals surface area contributed by atoms with E-state index in [1.807, 2.05) is 0 Å². The number of Topliss-reactive ketones (excluding diaryl/α,β-unsaturated/α-hetero) is 1. The van der Waals surface area contributed by atoms with Crippen molar-refractivity contribution in [3.8, 4) is 0 Å². The average molecular weight is 502 g/mol. The first-order chi connectivity index (χ1) is 16.4. The Morgan fingerprint density at radius 3 is 2.37 bits per heavy atom. The Morgan fingerprint density at radius 1 is 1.09 bits per heavy atom. The van der Waals surface area contributed by atoms with Crippen LogP contribution in [0, 0.1) is 11.7 Å². The highest BCUT2D eigenvalue weighted by Gasteiger charge is 2.21. The largest absolute Gasteiger partial charge is 0.478 e. The molecular weight excluding hydrogens is 477 g/mol. The maximum atomic E-state index is 14.1. The maximum absolute atomic E-state index is 14.1. The van der Waals surface area contributed by atoms with Gasteiger partial charge in [-0.15, -0.1) is 0 Å². The summed E-state index contributed by atoms with van der Waals surface area (Å²) in [5.41, 5.74) is 0.591. The van der Waals surface area contributed by atoms with Gasteiger partial charge in [-0.05, 0) is 30.3 Å². The van der Waals surface area contributed by atoms with E-state index in [0.29, 0.717) is 11.4 Å². The molecule has 0 saturated carbocycles. The Bertz CT molecular complexity index is 1390. The number of carbonyl (C=O) groups is 2. The van der Waals surface area contributed by atoms with Gasteiger partial charge >= 0.3 is 5.97 Å². The van der Waals surface area contributed by atoms with Crippen LogP contribution in [0.2, 0.25) is 0 Å². The van der Waals surface area contributed by atoms with Crippen molar-refractivity contribution in [2.24, 2.45) is 5.92 Å². The lowest BCUT2D eigenvalue weighted by molar-refractivity contribution is 0.0691. The zero-order chi connectivity index (χ0) is 25.9. The van der Waals surface area contributed by atoms with Gasteiger partial charge in [0.15, 0.2) is 5.78 Å². The van der Waals surface area contributed by atoms with Gasteiger partial charge in [-0.25, -0.2) is 22.6 Å². The Balaban J connectivity index is 2.04. The van der Waals surface area contributed by atoms with E-state index in [-0.39, 0.29) is 34.7 Å². The second-order valence-electron chi connectivity index (χ2n) is 7.97. The van der Waals surface area contributed by atoms with Crippen LogP contribution < -0.4 is 14.9 Å². The summed E-state index contributed by atoms with van der Waals surface area (Å²) in [6.07, 6.45) is 2.38. The van der Waals surface area contributed by atoms with Crippen molar-refractivity contribution in [1.82, 2.24) is 9.97 Å². The van der Waals surface area contributed by atoms with E-state index >= 15 is 0 Å². The van der Waals surface area contributed by atoms with Crippen LogP contribution in [0.25, 0.3) is 0 Å². The summed E-state index contributed by atoms with van der Waals surface area (Å²) in [5.74, 6) is -2.84. The summed E-state index contributed by atoms with van der Waals surface area (Å²) in [4.78, 5) is 32.3. The number of aromatic nitrogens is 2. The number of hydrogen-bond acceptors (Lipinski definition) is 8. The molecule has 1 aromatic heterocycles. The maximum Gasteiger partial charge on any atom is 0.338 e. The molecule has 3 N–H and O–H groups in total. The molecule has 1 heterocycles. The second-order valence-corrected chi connectivity index (χ2v) is 9.99. The molecule has 3 rings (SSSR count). The number of nitrogens with one attached hydrogen (secondary N) is 2. The van der Waals surface area contributed by atoms with Gasteiger partial charge in [0.2, 0.25) is 16.0 Å². The predicted octanol–water partition coefficient (Wildman–Crippen LogP) is 4.04. The number of carboxylic acids is 1. The van der Waals surface area contributed by atoms with Crippen LogP contribution in [0.1, 0.15) is 34.6 Å². The molecule has 0 spiro atoms. The molecule has 0 aliphatic rings. The van der Waals surface area contributed by atoms with Crippen molar-refractivity contribution in [2.45, 2.75) is 13.8 Å². The average Bonchev–Trinajstić information content (AvgIpc) is 2.78. The fourth-order valence-electron chi connectivity index (χ4n) is 3.08. The monoisotopic (exact) mass is 501 g/mol. The zero-order valence-electron chi connectivity index (χ0n) is 19.4.